The minimum absolute atomic E-state index is 1.01. The zero-order valence-corrected chi connectivity index (χ0v) is 9.84. The third kappa shape index (κ3) is 8.16. The molecule has 4 nitrogen and oxygen atoms in total. The second-order valence-electron chi connectivity index (χ2n) is 2.23. The fourth-order valence-corrected chi connectivity index (χ4v) is 1.12. The Labute approximate surface area is 75.9 Å². The molecule has 0 radical (unpaired) electrons. The summed E-state index contributed by atoms with van der Waals surface area (Å²) in [6.45, 7) is 4.13. The first-order valence-electron chi connectivity index (χ1n) is 3.77. The van der Waals surface area contributed by atoms with Crippen LogP contribution in [0.5, 0.6) is 0 Å². The predicted molar refractivity (Wildman–Crippen MR) is 50.1 cm³/mol. The molecule has 0 unspecified atom stereocenters. The van der Waals surface area contributed by atoms with Gasteiger partial charge in [-0.15, -0.1) is 0 Å². The van der Waals surface area contributed by atoms with E-state index in [1.807, 2.05) is 6.55 Å². The van der Waals surface area contributed by atoms with Crippen molar-refractivity contribution in [2.24, 2.45) is 0 Å². The highest BCUT2D eigenvalue weighted by Gasteiger charge is 2.24. The lowest BCUT2D eigenvalue weighted by molar-refractivity contribution is -0.248. The molecule has 0 aliphatic rings. The van der Waals surface area contributed by atoms with E-state index in [1.165, 1.54) is 14.2 Å². The second kappa shape index (κ2) is 9.15. The fourth-order valence-electron chi connectivity index (χ4n) is 0.372. The van der Waals surface area contributed by atoms with Gasteiger partial charge in [-0.25, -0.2) is 9.78 Å². The Balaban J connectivity index is 0. The summed E-state index contributed by atoms with van der Waals surface area (Å²) in [5.41, 5.74) is 0. The van der Waals surface area contributed by atoms with Crippen LogP contribution in [0.4, 0.5) is 0 Å². The molecule has 12 heavy (non-hydrogen) atoms. The summed E-state index contributed by atoms with van der Waals surface area (Å²) in [6, 6.07) is 1.01. The highest BCUT2D eigenvalue weighted by atomic mass is 28.4. The molecule has 0 aliphatic carbocycles. The standard InChI is InChI=1S/C5H14O2Si.C2H6O2/c1-5-8(4,6-2)7-3;1-3-4-2/h5H2,1-4H3;1-2H3. The summed E-state index contributed by atoms with van der Waals surface area (Å²) in [4.78, 5) is 8.08. The lowest BCUT2D eigenvalue weighted by atomic mass is 11.0. The van der Waals surface area contributed by atoms with Gasteiger partial charge in [0.2, 0.25) is 0 Å². The van der Waals surface area contributed by atoms with Crippen LogP contribution in [0.25, 0.3) is 0 Å². The van der Waals surface area contributed by atoms with E-state index in [1.54, 1.807) is 14.2 Å². The summed E-state index contributed by atoms with van der Waals surface area (Å²) < 4.78 is 10.3. The van der Waals surface area contributed by atoms with E-state index in [-0.39, 0.29) is 0 Å². The first kappa shape index (κ1) is 14.6. The first-order valence-corrected chi connectivity index (χ1v) is 6.29. The van der Waals surface area contributed by atoms with Crippen LogP contribution in [0.2, 0.25) is 12.6 Å². The molecule has 76 valence electrons. The molecule has 0 aromatic rings. The van der Waals surface area contributed by atoms with Crippen molar-refractivity contribution in [3.8, 4) is 0 Å². The van der Waals surface area contributed by atoms with E-state index < -0.39 is 8.56 Å². The van der Waals surface area contributed by atoms with Crippen molar-refractivity contribution >= 4 is 8.56 Å². The van der Waals surface area contributed by atoms with E-state index in [0.29, 0.717) is 0 Å². The zero-order chi connectivity index (χ0) is 10.0. The van der Waals surface area contributed by atoms with Crippen molar-refractivity contribution in [2.45, 2.75) is 19.5 Å². The molecule has 0 amide bonds. The van der Waals surface area contributed by atoms with Crippen LogP contribution in [-0.4, -0.2) is 37.0 Å². The summed E-state index contributed by atoms with van der Waals surface area (Å²) in [6.07, 6.45) is 0. The van der Waals surface area contributed by atoms with E-state index in [0.717, 1.165) is 6.04 Å². The van der Waals surface area contributed by atoms with Crippen LogP contribution in [0.1, 0.15) is 6.92 Å². The molecule has 0 aromatic heterocycles. The molecular formula is C7H20O4Si. The van der Waals surface area contributed by atoms with Gasteiger partial charge in [-0.05, 0) is 12.6 Å². The van der Waals surface area contributed by atoms with Gasteiger partial charge in [0.25, 0.3) is 0 Å². The molecule has 0 heterocycles. The normalized spacial score (nSPS) is 10.5. The van der Waals surface area contributed by atoms with Crippen molar-refractivity contribution < 1.29 is 18.6 Å². The average Bonchev–Trinajstić information content (AvgIpc) is 2.17. The van der Waals surface area contributed by atoms with Crippen LogP contribution in [0, 0.1) is 0 Å². The minimum atomic E-state index is -1.67. The summed E-state index contributed by atoms with van der Waals surface area (Å²) in [5, 5.41) is 0. The Hall–Kier alpha value is 0.0569. The van der Waals surface area contributed by atoms with Crippen LogP contribution < -0.4 is 0 Å². The SMILES string of the molecule is CC[Si](C)(OC)OC.COOC. The summed E-state index contributed by atoms with van der Waals surface area (Å²) in [5.74, 6) is 0. The van der Waals surface area contributed by atoms with Gasteiger partial charge in [0.15, 0.2) is 0 Å². The smallest absolute Gasteiger partial charge is 0.334 e. The topological polar surface area (TPSA) is 36.9 Å². The lowest BCUT2D eigenvalue weighted by Crippen LogP contribution is -2.34. The maximum absolute atomic E-state index is 5.15. The molecule has 0 aromatic carbocycles. The molecular weight excluding hydrogens is 176 g/mol. The largest absolute Gasteiger partial charge is 0.398 e. The van der Waals surface area contributed by atoms with E-state index in [4.69, 9.17) is 8.85 Å². The molecule has 0 bridgehead atoms. The van der Waals surface area contributed by atoms with E-state index in [9.17, 15) is 0 Å². The van der Waals surface area contributed by atoms with Gasteiger partial charge < -0.3 is 8.85 Å². The molecule has 0 atom stereocenters. The molecule has 0 fully saturated rings. The van der Waals surface area contributed by atoms with Crippen molar-refractivity contribution in [1.82, 2.24) is 0 Å². The molecule has 0 aliphatic heterocycles. The Bertz CT molecular complexity index is 75.2. The van der Waals surface area contributed by atoms with Crippen molar-refractivity contribution in [1.29, 1.82) is 0 Å². The number of hydrogen-bond acceptors (Lipinski definition) is 4. The fraction of sp³-hybridized carbons (Fsp3) is 1.00. The van der Waals surface area contributed by atoms with Gasteiger partial charge >= 0.3 is 8.56 Å². The Morgan fingerprint density at radius 1 is 0.917 bits per heavy atom. The van der Waals surface area contributed by atoms with Crippen molar-refractivity contribution in [3.05, 3.63) is 0 Å². The molecule has 0 saturated carbocycles. The number of hydrogen-bond donors (Lipinski definition) is 0. The van der Waals surface area contributed by atoms with Gasteiger partial charge in [-0.1, -0.05) is 6.92 Å². The highest BCUT2D eigenvalue weighted by Crippen LogP contribution is 2.08. The van der Waals surface area contributed by atoms with Crippen molar-refractivity contribution in [2.75, 3.05) is 28.4 Å². The average molecular weight is 196 g/mol. The van der Waals surface area contributed by atoms with Crippen molar-refractivity contribution in [3.63, 3.8) is 0 Å². The minimum Gasteiger partial charge on any atom is -0.398 e. The van der Waals surface area contributed by atoms with Crippen LogP contribution in [0.3, 0.4) is 0 Å². The molecule has 0 N–H and O–H groups in total. The summed E-state index contributed by atoms with van der Waals surface area (Å²) >= 11 is 0. The second-order valence-corrected chi connectivity index (χ2v) is 6.02. The maximum Gasteiger partial charge on any atom is 0.334 e. The van der Waals surface area contributed by atoms with Crippen LogP contribution >= 0.6 is 0 Å². The van der Waals surface area contributed by atoms with Gasteiger partial charge in [0.1, 0.15) is 0 Å². The summed E-state index contributed by atoms with van der Waals surface area (Å²) in [7, 11) is 4.66. The quantitative estimate of drug-likeness (QED) is 0.388. The number of rotatable bonds is 4. The predicted octanol–water partition coefficient (Wildman–Crippen LogP) is 1.57. The molecule has 0 saturated heterocycles. The zero-order valence-electron chi connectivity index (χ0n) is 8.84. The van der Waals surface area contributed by atoms with Crippen LogP contribution in [0.15, 0.2) is 0 Å². The monoisotopic (exact) mass is 196 g/mol. The van der Waals surface area contributed by atoms with Gasteiger partial charge in [-0.3, -0.25) is 0 Å². The molecule has 5 heteroatoms. The third-order valence-electron chi connectivity index (χ3n) is 1.67. The maximum atomic E-state index is 5.15. The molecule has 0 rings (SSSR count). The van der Waals surface area contributed by atoms with Gasteiger partial charge in [0.05, 0.1) is 14.2 Å². The Morgan fingerprint density at radius 3 is 1.25 bits per heavy atom. The Kier molecular flexibility index (Phi) is 11.1. The highest BCUT2D eigenvalue weighted by molar-refractivity contribution is 6.65. The van der Waals surface area contributed by atoms with E-state index >= 15 is 0 Å². The van der Waals surface area contributed by atoms with Gasteiger partial charge in [0, 0.05) is 14.2 Å². The first-order chi connectivity index (χ1) is 5.60. The third-order valence-corrected chi connectivity index (χ3v) is 4.68. The Morgan fingerprint density at radius 2 is 1.25 bits per heavy atom. The lowest BCUT2D eigenvalue weighted by Gasteiger charge is -2.19. The van der Waals surface area contributed by atoms with E-state index in [2.05, 4.69) is 16.7 Å². The van der Waals surface area contributed by atoms with Gasteiger partial charge in [-0.2, -0.15) is 0 Å². The molecule has 0 spiro atoms. The van der Waals surface area contributed by atoms with Crippen LogP contribution in [-0.2, 0) is 18.6 Å².